The van der Waals surface area contributed by atoms with Crippen LogP contribution in [0.3, 0.4) is 0 Å². The first-order valence-corrected chi connectivity index (χ1v) is 9.78. The third-order valence-corrected chi connectivity index (χ3v) is 4.67. The zero-order valence-corrected chi connectivity index (χ0v) is 17.3. The number of halogens is 1. The van der Waals surface area contributed by atoms with Crippen molar-refractivity contribution in [3.05, 3.63) is 90.2 Å². The number of carbonyl (C=O) groups excluding carboxylic acids is 2. The van der Waals surface area contributed by atoms with Crippen molar-refractivity contribution in [2.75, 3.05) is 23.1 Å². The zero-order chi connectivity index (χ0) is 22.2. The molecule has 0 aliphatic heterocycles. The van der Waals surface area contributed by atoms with Gasteiger partial charge in [0, 0.05) is 24.2 Å². The molecule has 6 nitrogen and oxygen atoms in total. The summed E-state index contributed by atoms with van der Waals surface area (Å²) in [7, 11) is 1.46. The van der Waals surface area contributed by atoms with Gasteiger partial charge in [-0.25, -0.2) is 4.39 Å². The molecule has 3 rings (SSSR count). The lowest BCUT2D eigenvalue weighted by Gasteiger charge is -2.21. The highest BCUT2D eigenvalue weighted by Crippen LogP contribution is 2.24. The van der Waals surface area contributed by atoms with Gasteiger partial charge in [0.15, 0.2) is 0 Å². The summed E-state index contributed by atoms with van der Waals surface area (Å²) in [6.07, 6.45) is -0.588. The molecular formula is C24H24FN3O3. The normalized spacial score (nSPS) is 12.5. The van der Waals surface area contributed by atoms with Crippen LogP contribution in [0.15, 0.2) is 78.9 Å². The molecule has 0 aliphatic rings. The first-order chi connectivity index (χ1) is 15.0. The smallest absolute Gasteiger partial charge is 0.253 e. The molecule has 0 aliphatic carbocycles. The van der Waals surface area contributed by atoms with Crippen LogP contribution in [0.2, 0.25) is 0 Å². The summed E-state index contributed by atoms with van der Waals surface area (Å²) in [5.41, 5.74) is 2.46. The molecule has 0 bridgehead atoms. The molecule has 0 saturated carbocycles. The average molecular weight is 421 g/mol. The molecule has 3 aromatic rings. The second kappa shape index (κ2) is 10.4. The SMILES string of the molecule is COC(C)C(=O)Nc1cccc(NC(C(=O)Nc2ccc(F)cc2)c2ccccc2)c1. The predicted molar refractivity (Wildman–Crippen MR) is 119 cm³/mol. The Morgan fingerprint density at radius 2 is 1.45 bits per heavy atom. The molecule has 2 unspecified atom stereocenters. The van der Waals surface area contributed by atoms with Gasteiger partial charge in [0.05, 0.1) is 0 Å². The lowest BCUT2D eigenvalue weighted by Crippen LogP contribution is -2.28. The van der Waals surface area contributed by atoms with Crippen molar-refractivity contribution < 1.29 is 18.7 Å². The van der Waals surface area contributed by atoms with E-state index in [1.165, 1.54) is 31.4 Å². The van der Waals surface area contributed by atoms with E-state index in [1.54, 1.807) is 31.2 Å². The fourth-order valence-electron chi connectivity index (χ4n) is 2.90. The summed E-state index contributed by atoms with van der Waals surface area (Å²) < 4.78 is 18.2. The van der Waals surface area contributed by atoms with Gasteiger partial charge in [0.2, 0.25) is 0 Å². The first kappa shape index (κ1) is 22.0. The fraction of sp³-hybridized carbons (Fsp3) is 0.167. The Bertz CT molecular complexity index is 1030. The Morgan fingerprint density at radius 3 is 2.13 bits per heavy atom. The Kier molecular flexibility index (Phi) is 7.35. The highest BCUT2D eigenvalue weighted by molar-refractivity contribution is 5.98. The minimum absolute atomic E-state index is 0.270. The Labute approximate surface area is 180 Å². The van der Waals surface area contributed by atoms with Gasteiger partial charge in [-0.2, -0.15) is 0 Å². The van der Waals surface area contributed by atoms with Crippen LogP contribution in [0.5, 0.6) is 0 Å². The summed E-state index contributed by atoms with van der Waals surface area (Å²) in [5, 5.41) is 8.80. The van der Waals surface area contributed by atoms with Gasteiger partial charge >= 0.3 is 0 Å². The quantitative estimate of drug-likeness (QED) is 0.497. The molecule has 0 radical (unpaired) electrons. The number of benzene rings is 3. The van der Waals surface area contributed by atoms with Crippen LogP contribution < -0.4 is 16.0 Å². The second-order valence-electron chi connectivity index (χ2n) is 6.93. The molecule has 2 amide bonds. The fourth-order valence-corrected chi connectivity index (χ4v) is 2.90. The number of methoxy groups -OCH3 is 1. The van der Waals surface area contributed by atoms with Crippen molar-refractivity contribution in [1.29, 1.82) is 0 Å². The number of hydrogen-bond donors (Lipinski definition) is 3. The average Bonchev–Trinajstić information content (AvgIpc) is 2.79. The van der Waals surface area contributed by atoms with Crippen molar-refractivity contribution in [2.24, 2.45) is 0 Å². The van der Waals surface area contributed by atoms with Crippen molar-refractivity contribution in [1.82, 2.24) is 0 Å². The third-order valence-electron chi connectivity index (χ3n) is 4.67. The van der Waals surface area contributed by atoms with E-state index in [2.05, 4.69) is 16.0 Å². The van der Waals surface area contributed by atoms with Crippen LogP contribution in [-0.2, 0) is 14.3 Å². The maximum atomic E-state index is 13.2. The number of ether oxygens (including phenoxy) is 1. The Hall–Kier alpha value is -3.71. The summed E-state index contributed by atoms with van der Waals surface area (Å²) in [5.74, 6) is -0.953. The lowest BCUT2D eigenvalue weighted by molar-refractivity contribution is -0.124. The van der Waals surface area contributed by atoms with Crippen LogP contribution >= 0.6 is 0 Å². The molecule has 0 fully saturated rings. The lowest BCUT2D eigenvalue weighted by atomic mass is 10.1. The third kappa shape index (κ3) is 6.13. The first-order valence-electron chi connectivity index (χ1n) is 9.78. The largest absolute Gasteiger partial charge is 0.372 e. The van der Waals surface area contributed by atoms with Crippen molar-refractivity contribution >= 4 is 28.9 Å². The Balaban J connectivity index is 1.81. The van der Waals surface area contributed by atoms with Crippen LogP contribution in [0.4, 0.5) is 21.5 Å². The van der Waals surface area contributed by atoms with Crippen LogP contribution in [-0.4, -0.2) is 25.0 Å². The van der Waals surface area contributed by atoms with Gasteiger partial charge in [0.25, 0.3) is 11.8 Å². The van der Waals surface area contributed by atoms with Gasteiger partial charge in [-0.3, -0.25) is 9.59 Å². The van der Waals surface area contributed by atoms with E-state index >= 15 is 0 Å². The highest BCUT2D eigenvalue weighted by atomic mass is 19.1. The molecule has 160 valence electrons. The number of rotatable bonds is 8. The maximum absolute atomic E-state index is 13.2. The molecule has 2 atom stereocenters. The number of amides is 2. The zero-order valence-electron chi connectivity index (χ0n) is 17.3. The molecule has 0 saturated heterocycles. The van der Waals surface area contributed by atoms with Crippen LogP contribution in [0.1, 0.15) is 18.5 Å². The maximum Gasteiger partial charge on any atom is 0.253 e. The molecule has 3 N–H and O–H groups in total. The van der Waals surface area contributed by atoms with E-state index < -0.39 is 12.1 Å². The second-order valence-corrected chi connectivity index (χ2v) is 6.93. The van der Waals surface area contributed by atoms with Crippen molar-refractivity contribution in [2.45, 2.75) is 19.1 Å². The van der Waals surface area contributed by atoms with Gasteiger partial charge < -0.3 is 20.7 Å². The summed E-state index contributed by atoms with van der Waals surface area (Å²) >= 11 is 0. The number of anilines is 3. The summed E-state index contributed by atoms with van der Waals surface area (Å²) in [6, 6.07) is 21.2. The van der Waals surface area contributed by atoms with Crippen molar-refractivity contribution in [3.63, 3.8) is 0 Å². The van der Waals surface area contributed by atoms with Crippen molar-refractivity contribution in [3.8, 4) is 0 Å². The number of nitrogens with one attached hydrogen (secondary N) is 3. The highest BCUT2D eigenvalue weighted by Gasteiger charge is 2.21. The standard InChI is InChI=1S/C24H24FN3O3/c1-16(31-2)23(29)28-21-10-6-9-20(15-21)26-22(17-7-4-3-5-8-17)24(30)27-19-13-11-18(25)12-14-19/h3-16,22,26H,1-2H3,(H,27,30)(H,28,29). The minimum atomic E-state index is -0.713. The van der Waals surface area contributed by atoms with Crippen LogP contribution in [0, 0.1) is 5.82 Å². The molecule has 0 spiro atoms. The van der Waals surface area contributed by atoms with Gasteiger partial charge in [0.1, 0.15) is 18.0 Å². The van der Waals surface area contributed by atoms with Gasteiger partial charge in [-0.1, -0.05) is 36.4 Å². The molecule has 0 aromatic heterocycles. The topological polar surface area (TPSA) is 79.5 Å². The summed E-state index contributed by atoms with van der Waals surface area (Å²) in [4.78, 5) is 25.1. The van der Waals surface area contributed by atoms with E-state index in [0.717, 1.165) is 5.56 Å². The van der Waals surface area contributed by atoms with Crippen LogP contribution in [0.25, 0.3) is 0 Å². The predicted octanol–water partition coefficient (Wildman–Crippen LogP) is 4.59. The molecule has 31 heavy (non-hydrogen) atoms. The number of carbonyl (C=O) groups is 2. The molecule has 0 heterocycles. The van der Waals surface area contributed by atoms with E-state index in [0.29, 0.717) is 17.1 Å². The Morgan fingerprint density at radius 1 is 0.806 bits per heavy atom. The van der Waals surface area contributed by atoms with E-state index in [9.17, 15) is 14.0 Å². The van der Waals surface area contributed by atoms with Gasteiger partial charge in [-0.05, 0) is 55.0 Å². The molecule has 7 heteroatoms. The monoisotopic (exact) mass is 421 g/mol. The van der Waals surface area contributed by atoms with E-state index in [1.807, 2.05) is 30.3 Å². The minimum Gasteiger partial charge on any atom is -0.372 e. The molecule has 3 aromatic carbocycles. The van der Waals surface area contributed by atoms with Gasteiger partial charge in [-0.15, -0.1) is 0 Å². The number of hydrogen-bond acceptors (Lipinski definition) is 4. The van der Waals surface area contributed by atoms with E-state index in [-0.39, 0.29) is 17.6 Å². The summed E-state index contributed by atoms with van der Waals surface area (Å²) in [6.45, 7) is 1.66. The van der Waals surface area contributed by atoms with E-state index in [4.69, 9.17) is 4.74 Å². The molecular weight excluding hydrogens is 397 g/mol.